The Balaban J connectivity index is 2.31. The van der Waals surface area contributed by atoms with Crippen molar-refractivity contribution in [3.63, 3.8) is 0 Å². The van der Waals surface area contributed by atoms with E-state index in [-0.39, 0.29) is 6.42 Å². The van der Waals surface area contributed by atoms with Crippen molar-refractivity contribution in [3.05, 3.63) is 53.1 Å². The Morgan fingerprint density at radius 2 is 2.17 bits per heavy atom. The van der Waals surface area contributed by atoms with Crippen LogP contribution in [-0.2, 0) is 9.53 Å². The highest BCUT2D eigenvalue weighted by Gasteiger charge is 2.36. The first-order valence-corrected chi connectivity index (χ1v) is 5.90. The van der Waals surface area contributed by atoms with Gasteiger partial charge in [-0.15, -0.1) is 0 Å². The summed E-state index contributed by atoms with van der Waals surface area (Å²) in [6, 6.07) is 7.46. The molecule has 0 amide bonds. The van der Waals surface area contributed by atoms with E-state index in [0.717, 1.165) is 11.1 Å². The SMILES string of the molecule is COC1(C(=O)O)C=CC(c2ccccc2Cl)=CC1. The third kappa shape index (κ3) is 2.19. The molecular weight excluding hydrogens is 252 g/mol. The first kappa shape index (κ1) is 12.9. The monoisotopic (exact) mass is 264 g/mol. The predicted molar refractivity (Wildman–Crippen MR) is 70.6 cm³/mol. The summed E-state index contributed by atoms with van der Waals surface area (Å²) in [4.78, 5) is 11.2. The Morgan fingerprint density at radius 3 is 2.67 bits per heavy atom. The fourth-order valence-corrected chi connectivity index (χ4v) is 2.16. The number of rotatable bonds is 3. The first-order chi connectivity index (χ1) is 8.59. The zero-order valence-electron chi connectivity index (χ0n) is 9.89. The minimum Gasteiger partial charge on any atom is -0.479 e. The summed E-state index contributed by atoms with van der Waals surface area (Å²) in [6.07, 6.45) is 5.42. The van der Waals surface area contributed by atoms with E-state index >= 15 is 0 Å². The Kier molecular flexibility index (Phi) is 3.55. The minimum absolute atomic E-state index is 0.288. The van der Waals surface area contributed by atoms with Crippen LogP contribution in [0.25, 0.3) is 5.57 Å². The number of hydrogen-bond acceptors (Lipinski definition) is 2. The molecule has 94 valence electrons. The molecule has 0 fully saturated rings. The number of ether oxygens (including phenoxy) is 1. The van der Waals surface area contributed by atoms with E-state index < -0.39 is 11.6 Å². The fraction of sp³-hybridized carbons (Fsp3) is 0.214. The molecule has 4 heteroatoms. The van der Waals surface area contributed by atoms with Crippen molar-refractivity contribution in [1.82, 2.24) is 0 Å². The number of aliphatic carboxylic acids is 1. The number of allylic oxidation sites excluding steroid dienone is 2. The molecule has 1 aromatic rings. The topological polar surface area (TPSA) is 46.5 Å². The average Bonchev–Trinajstić information content (AvgIpc) is 2.39. The molecule has 1 aromatic carbocycles. The Bertz CT molecular complexity index is 534. The highest BCUT2D eigenvalue weighted by Crippen LogP contribution is 2.32. The van der Waals surface area contributed by atoms with Gasteiger partial charge >= 0.3 is 5.97 Å². The van der Waals surface area contributed by atoms with Crippen LogP contribution in [-0.4, -0.2) is 23.8 Å². The molecule has 0 heterocycles. The Morgan fingerprint density at radius 1 is 1.44 bits per heavy atom. The fourth-order valence-electron chi connectivity index (χ4n) is 1.91. The zero-order valence-corrected chi connectivity index (χ0v) is 10.6. The standard InChI is InChI=1S/C14H13ClO3/c1-18-14(13(16)17)8-6-10(7-9-14)11-4-2-3-5-12(11)15/h2-8H,9H2,1H3,(H,16,17). The van der Waals surface area contributed by atoms with Crippen LogP contribution in [0.3, 0.4) is 0 Å². The van der Waals surface area contributed by atoms with E-state index in [1.807, 2.05) is 24.3 Å². The maximum Gasteiger partial charge on any atom is 0.340 e. The van der Waals surface area contributed by atoms with Gasteiger partial charge in [0.2, 0.25) is 0 Å². The summed E-state index contributed by atoms with van der Waals surface area (Å²) in [6.45, 7) is 0. The van der Waals surface area contributed by atoms with E-state index in [0.29, 0.717) is 5.02 Å². The lowest BCUT2D eigenvalue weighted by Crippen LogP contribution is -2.39. The van der Waals surface area contributed by atoms with E-state index in [4.69, 9.17) is 21.4 Å². The average molecular weight is 265 g/mol. The maximum absolute atomic E-state index is 11.2. The molecule has 1 aliphatic rings. The van der Waals surface area contributed by atoms with Crippen molar-refractivity contribution in [3.8, 4) is 0 Å². The van der Waals surface area contributed by atoms with Crippen molar-refractivity contribution in [1.29, 1.82) is 0 Å². The van der Waals surface area contributed by atoms with Crippen molar-refractivity contribution in [2.24, 2.45) is 0 Å². The van der Waals surface area contributed by atoms with Gasteiger partial charge in [0, 0.05) is 18.6 Å². The number of carboxylic acids is 1. The summed E-state index contributed by atoms with van der Waals surface area (Å²) in [5, 5.41) is 9.82. The lowest BCUT2D eigenvalue weighted by Gasteiger charge is -2.26. The number of carboxylic acid groups (broad SMARTS) is 1. The molecule has 0 aliphatic heterocycles. The highest BCUT2D eigenvalue weighted by atomic mass is 35.5. The largest absolute Gasteiger partial charge is 0.479 e. The van der Waals surface area contributed by atoms with Gasteiger partial charge in [-0.2, -0.15) is 0 Å². The smallest absolute Gasteiger partial charge is 0.340 e. The van der Waals surface area contributed by atoms with E-state index in [1.54, 1.807) is 18.2 Å². The summed E-state index contributed by atoms with van der Waals surface area (Å²) < 4.78 is 5.09. The molecule has 1 N–H and O–H groups in total. The molecule has 0 saturated carbocycles. The second kappa shape index (κ2) is 4.96. The molecule has 1 atom stereocenters. The number of benzene rings is 1. The summed E-state index contributed by atoms with van der Waals surface area (Å²) in [5.41, 5.74) is 0.546. The predicted octanol–water partition coefficient (Wildman–Crippen LogP) is 3.15. The van der Waals surface area contributed by atoms with Crippen LogP contribution in [0.2, 0.25) is 5.02 Å². The molecular formula is C14H13ClO3. The molecule has 1 unspecified atom stereocenters. The molecule has 0 radical (unpaired) electrons. The molecule has 0 spiro atoms. The van der Waals surface area contributed by atoms with Gasteiger partial charge in [0.15, 0.2) is 5.60 Å². The second-order valence-corrected chi connectivity index (χ2v) is 4.48. The second-order valence-electron chi connectivity index (χ2n) is 4.08. The molecule has 0 bridgehead atoms. The maximum atomic E-state index is 11.2. The number of methoxy groups -OCH3 is 1. The highest BCUT2D eigenvalue weighted by molar-refractivity contribution is 6.32. The van der Waals surface area contributed by atoms with E-state index in [1.165, 1.54) is 7.11 Å². The molecule has 3 nitrogen and oxygen atoms in total. The van der Waals surface area contributed by atoms with Crippen molar-refractivity contribution in [2.45, 2.75) is 12.0 Å². The summed E-state index contributed by atoms with van der Waals surface area (Å²) in [7, 11) is 1.40. The molecule has 0 aromatic heterocycles. The van der Waals surface area contributed by atoms with Crippen LogP contribution in [0.15, 0.2) is 42.5 Å². The van der Waals surface area contributed by atoms with Crippen LogP contribution in [0.5, 0.6) is 0 Å². The van der Waals surface area contributed by atoms with E-state index in [2.05, 4.69) is 0 Å². The summed E-state index contributed by atoms with van der Waals surface area (Å²) >= 11 is 6.10. The quantitative estimate of drug-likeness (QED) is 0.912. The van der Waals surface area contributed by atoms with Crippen molar-refractivity contribution < 1.29 is 14.6 Å². The van der Waals surface area contributed by atoms with Crippen LogP contribution in [0.1, 0.15) is 12.0 Å². The van der Waals surface area contributed by atoms with Crippen LogP contribution in [0.4, 0.5) is 0 Å². The zero-order chi connectivity index (χ0) is 13.2. The summed E-state index contributed by atoms with van der Waals surface area (Å²) in [5.74, 6) is -0.990. The lowest BCUT2D eigenvalue weighted by molar-refractivity contribution is -0.156. The third-order valence-corrected chi connectivity index (χ3v) is 3.40. The molecule has 0 saturated heterocycles. The van der Waals surface area contributed by atoms with Gasteiger partial charge in [-0.25, -0.2) is 4.79 Å². The van der Waals surface area contributed by atoms with Gasteiger partial charge in [0.25, 0.3) is 0 Å². The van der Waals surface area contributed by atoms with Crippen molar-refractivity contribution >= 4 is 23.1 Å². The van der Waals surface area contributed by atoms with Gasteiger partial charge < -0.3 is 9.84 Å². The molecule has 2 rings (SSSR count). The van der Waals surface area contributed by atoms with E-state index in [9.17, 15) is 4.79 Å². The van der Waals surface area contributed by atoms with Crippen molar-refractivity contribution in [2.75, 3.05) is 7.11 Å². The Labute approximate surface area is 110 Å². The van der Waals surface area contributed by atoms with Gasteiger partial charge in [-0.1, -0.05) is 42.0 Å². The number of hydrogen-bond donors (Lipinski definition) is 1. The molecule has 18 heavy (non-hydrogen) atoms. The normalized spacial score (nSPS) is 22.7. The van der Waals surface area contributed by atoms with Crippen LogP contribution < -0.4 is 0 Å². The lowest BCUT2D eigenvalue weighted by atomic mass is 9.89. The third-order valence-electron chi connectivity index (χ3n) is 3.07. The first-order valence-electron chi connectivity index (χ1n) is 5.52. The van der Waals surface area contributed by atoms with Crippen LogP contribution in [0, 0.1) is 0 Å². The Hall–Kier alpha value is -1.58. The van der Waals surface area contributed by atoms with Gasteiger partial charge in [0.1, 0.15) is 0 Å². The number of halogens is 1. The van der Waals surface area contributed by atoms with Gasteiger partial charge in [-0.05, 0) is 23.3 Å². The molecule has 1 aliphatic carbocycles. The van der Waals surface area contributed by atoms with Crippen LogP contribution >= 0.6 is 11.6 Å². The minimum atomic E-state index is -1.26. The van der Waals surface area contributed by atoms with Gasteiger partial charge in [-0.3, -0.25) is 0 Å². The van der Waals surface area contributed by atoms with Gasteiger partial charge in [0.05, 0.1) is 0 Å². The number of carbonyl (C=O) groups is 1.